The van der Waals surface area contributed by atoms with Gasteiger partial charge in [-0.25, -0.2) is 9.78 Å². The van der Waals surface area contributed by atoms with Gasteiger partial charge in [-0.3, -0.25) is 10.3 Å². The number of carbonyl (C=O) groups excluding carboxylic acids is 1. The molecule has 0 aromatic carbocycles. The molecule has 0 aliphatic heterocycles. The van der Waals surface area contributed by atoms with Gasteiger partial charge in [0.2, 0.25) is 0 Å². The van der Waals surface area contributed by atoms with Crippen LogP contribution in [0, 0.1) is 0 Å². The Labute approximate surface area is 124 Å². The number of pyridine rings is 2. The first-order valence-corrected chi connectivity index (χ1v) is 6.72. The van der Waals surface area contributed by atoms with Gasteiger partial charge in [0.1, 0.15) is 18.2 Å². The maximum Gasteiger partial charge on any atom is 0.320 e. The molecule has 2 rings (SSSR count). The Hall–Kier alpha value is -2.15. The molecule has 0 bridgehead atoms. The molecule has 0 aliphatic rings. The van der Waals surface area contributed by atoms with Crippen LogP contribution in [0.25, 0.3) is 0 Å². The van der Waals surface area contributed by atoms with Crippen molar-refractivity contribution in [2.45, 2.75) is 0 Å². The smallest absolute Gasteiger partial charge is 0.320 e. The van der Waals surface area contributed by atoms with E-state index in [0.717, 1.165) is 4.47 Å². The van der Waals surface area contributed by atoms with Gasteiger partial charge in [0.25, 0.3) is 0 Å². The minimum atomic E-state index is -0.324. The number of carbonyl (C=O) groups is 1. The van der Waals surface area contributed by atoms with Crippen LogP contribution in [0.4, 0.5) is 10.6 Å². The van der Waals surface area contributed by atoms with E-state index in [2.05, 4.69) is 36.5 Å². The predicted molar refractivity (Wildman–Crippen MR) is 78.7 cm³/mol. The van der Waals surface area contributed by atoms with E-state index >= 15 is 0 Å². The monoisotopic (exact) mass is 336 g/mol. The molecule has 2 aromatic rings. The highest BCUT2D eigenvalue weighted by molar-refractivity contribution is 9.10. The van der Waals surface area contributed by atoms with Crippen LogP contribution in [0.1, 0.15) is 0 Å². The van der Waals surface area contributed by atoms with Gasteiger partial charge in [-0.05, 0) is 40.2 Å². The topological polar surface area (TPSA) is 76.1 Å². The molecule has 2 aromatic heterocycles. The van der Waals surface area contributed by atoms with Gasteiger partial charge >= 0.3 is 6.03 Å². The fraction of sp³-hybridized carbons (Fsp3) is 0.154. The van der Waals surface area contributed by atoms with Gasteiger partial charge in [0, 0.05) is 16.9 Å². The standard InChI is InChI=1S/C13H13BrN4O2/c14-10-3-4-12(17-8-10)18-13(19)16-6-7-20-11-2-1-5-15-9-11/h1-5,8-9H,6-7H2,(H2,16,17,18,19). The molecule has 2 heterocycles. The summed E-state index contributed by atoms with van der Waals surface area (Å²) in [6.45, 7) is 0.754. The molecule has 0 fully saturated rings. The number of rotatable bonds is 5. The van der Waals surface area contributed by atoms with Gasteiger partial charge in [-0.2, -0.15) is 0 Å². The third kappa shape index (κ3) is 4.85. The highest BCUT2D eigenvalue weighted by Crippen LogP contribution is 2.10. The van der Waals surface area contributed by atoms with Crippen LogP contribution in [0.5, 0.6) is 5.75 Å². The van der Waals surface area contributed by atoms with E-state index in [1.165, 1.54) is 0 Å². The third-order valence-corrected chi connectivity index (χ3v) is 2.73. The Morgan fingerprint density at radius 1 is 1.30 bits per heavy atom. The van der Waals surface area contributed by atoms with E-state index in [9.17, 15) is 4.79 Å². The maximum atomic E-state index is 11.6. The molecular formula is C13H13BrN4O2. The zero-order chi connectivity index (χ0) is 14.2. The summed E-state index contributed by atoms with van der Waals surface area (Å²) in [5, 5.41) is 5.29. The first kappa shape index (κ1) is 14.3. The molecule has 2 N–H and O–H groups in total. The highest BCUT2D eigenvalue weighted by Gasteiger charge is 2.02. The SMILES string of the molecule is O=C(NCCOc1cccnc1)Nc1ccc(Br)cn1. The largest absolute Gasteiger partial charge is 0.490 e. The van der Waals surface area contributed by atoms with E-state index in [4.69, 9.17) is 4.74 Å². The average Bonchev–Trinajstić information content (AvgIpc) is 2.47. The molecular weight excluding hydrogens is 324 g/mol. The van der Waals surface area contributed by atoms with E-state index < -0.39 is 0 Å². The zero-order valence-corrected chi connectivity index (χ0v) is 12.1. The Balaban J connectivity index is 1.66. The second-order valence-electron chi connectivity index (χ2n) is 3.78. The van der Waals surface area contributed by atoms with Crippen molar-refractivity contribution in [3.8, 4) is 5.75 Å². The fourth-order valence-corrected chi connectivity index (χ4v) is 1.61. The number of ether oxygens (including phenoxy) is 1. The molecule has 0 aliphatic carbocycles. The molecule has 6 nitrogen and oxygen atoms in total. The molecule has 7 heteroatoms. The Bertz CT molecular complexity index is 548. The van der Waals surface area contributed by atoms with E-state index in [1.807, 2.05) is 0 Å². The number of halogens is 1. The van der Waals surface area contributed by atoms with Crippen molar-refractivity contribution in [2.75, 3.05) is 18.5 Å². The lowest BCUT2D eigenvalue weighted by Gasteiger charge is -2.08. The van der Waals surface area contributed by atoms with Crippen LogP contribution in [-0.2, 0) is 0 Å². The average molecular weight is 337 g/mol. The summed E-state index contributed by atoms with van der Waals surface area (Å²) in [6, 6.07) is 6.77. The summed E-state index contributed by atoms with van der Waals surface area (Å²) in [4.78, 5) is 19.5. The number of nitrogens with zero attached hydrogens (tertiary/aromatic N) is 2. The van der Waals surface area contributed by atoms with Crippen LogP contribution >= 0.6 is 15.9 Å². The Morgan fingerprint density at radius 3 is 2.90 bits per heavy atom. The van der Waals surface area contributed by atoms with E-state index in [-0.39, 0.29) is 6.03 Å². The van der Waals surface area contributed by atoms with Crippen LogP contribution in [0.3, 0.4) is 0 Å². The second kappa shape index (κ2) is 7.44. The van der Waals surface area contributed by atoms with Gasteiger partial charge in [-0.15, -0.1) is 0 Å². The summed E-state index contributed by atoms with van der Waals surface area (Å²) in [5.41, 5.74) is 0. The Morgan fingerprint density at radius 2 is 2.20 bits per heavy atom. The Kier molecular flexibility index (Phi) is 5.31. The van der Waals surface area contributed by atoms with E-state index in [1.54, 1.807) is 42.9 Å². The molecule has 0 unspecified atom stereocenters. The first-order chi connectivity index (χ1) is 9.74. The number of hydrogen-bond donors (Lipinski definition) is 2. The number of hydrogen-bond acceptors (Lipinski definition) is 4. The van der Waals surface area contributed by atoms with Gasteiger partial charge in [-0.1, -0.05) is 0 Å². The number of urea groups is 1. The van der Waals surface area contributed by atoms with Gasteiger partial charge in [0.15, 0.2) is 0 Å². The lowest BCUT2D eigenvalue weighted by Crippen LogP contribution is -2.32. The zero-order valence-electron chi connectivity index (χ0n) is 10.5. The lowest BCUT2D eigenvalue weighted by atomic mass is 10.4. The molecule has 0 atom stereocenters. The quantitative estimate of drug-likeness (QED) is 0.822. The van der Waals surface area contributed by atoms with Crippen LogP contribution in [0.15, 0.2) is 47.3 Å². The molecule has 0 radical (unpaired) electrons. The number of anilines is 1. The summed E-state index contributed by atoms with van der Waals surface area (Å²) in [5.74, 6) is 1.16. The fourth-order valence-electron chi connectivity index (χ4n) is 1.38. The lowest BCUT2D eigenvalue weighted by molar-refractivity contribution is 0.247. The number of aromatic nitrogens is 2. The van der Waals surface area contributed by atoms with Crippen molar-refractivity contribution in [2.24, 2.45) is 0 Å². The van der Waals surface area contributed by atoms with Crippen LogP contribution in [0.2, 0.25) is 0 Å². The third-order valence-electron chi connectivity index (χ3n) is 2.26. The second-order valence-corrected chi connectivity index (χ2v) is 4.70. The molecule has 104 valence electrons. The van der Waals surface area contributed by atoms with Crippen molar-refractivity contribution in [3.05, 3.63) is 47.3 Å². The predicted octanol–water partition coefficient (Wildman–Crippen LogP) is 2.44. The number of amides is 2. The highest BCUT2D eigenvalue weighted by atomic mass is 79.9. The van der Waals surface area contributed by atoms with Crippen molar-refractivity contribution < 1.29 is 9.53 Å². The van der Waals surface area contributed by atoms with Gasteiger partial charge < -0.3 is 10.1 Å². The molecule has 0 saturated heterocycles. The van der Waals surface area contributed by atoms with Crippen molar-refractivity contribution in [3.63, 3.8) is 0 Å². The molecule has 0 saturated carbocycles. The normalized spacial score (nSPS) is 9.85. The maximum absolute atomic E-state index is 11.6. The summed E-state index contributed by atoms with van der Waals surface area (Å²) < 4.78 is 6.25. The summed E-state index contributed by atoms with van der Waals surface area (Å²) in [6.07, 6.45) is 4.90. The van der Waals surface area contributed by atoms with Crippen molar-refractivity contribution in [1.29, 1.82) is 0 Å². The van der Waals surface area contributed by atoms with Crippen molar-refractivity contribution in [1.82, 2.24) is 15.3 Å². The van der Waals surface area contributed by atoms with Crippen molar-refractivity contribution >= 4 is 27.8 Å². The summed E-state index contributed by atoms with van der Waals surface area (Å²) in [7, 11) is 0. The minimum absolute atomic E-state index is 0.324. The summed E-state index contributed by atoms with van der Waals surface area (Å²) >= 11 is 3.27. The van der Waals surface area contributed by atoms with E-state index in [0.29, 0.717) is 24.7 Å². The van der Waals surface area contributed by atoms with Crippen LogP contribution < -0.4 is 15.4 Å². The first-order valence-electron chi connectivity index (χ1n) is 5.93. The minimum Gasteiger partial charge on any atom is -0.490 e. The van der Waals surface area contributed by atoms with Crippen LogP contribution in [-0.4, -0.2) is 29.2 Å². The van der Waals surface area contributed by atoms with Gasteiger partial charge in [0.05, 0.1) is 12.7 Å². The molecule has 0 spiro atoms. The molecule has 2 amide bonds. The molecule has 20 heavy (non-hydrogen) atoms. The number of nitrogens with one attached hydrogen (secondary N) is 2.